The van der Waals surface area contributed by atoms with Crippen LogP contribution in [0.2, 0.25) is 0 Å². The lowest BCUT2D eigenvalue weighted by Gasteiger charge is -2.47. The van der Waals surface area contributed by atoms with Crippen molar-refractivity contribution < 1.29 is 52.7 Å². The molecule has 3 fully saturated rings. The smallest absolute Gasteiger partial charge is 0.329 e. The number of aryl methyl sites for hydroxylation is 1. The lowest BCUT2D eigenvalue weighted by atomic mass is 9.82. The van der Waals surface area contributed by atoms with Crippen molar-refractivity contribution >= 4 is 34.3 Å². The molecule has 4 heterocycles. The number of ether oxygens (including phenoxy) is 6. The number of amides is 1. The van der Waals surface area contributed by atoms with Crippen LogP contribution >= 0.6 is 0 Å². The lowest BCUT2D eigenvalue weighted by molar-refractivity contribution is -0.302. The molecule has 13 heteroatoms. The monoisotopic (exact) mass is 905 g/mol. The molecule has 0 spiro atoms. The largest absolute Gasteiger partial charge is 0.488 e. The number of Topliss-reactive ketones (excluding diaryl/α,β-unsaturated/α-hetero) is 2. The van der Waals surface area contributed by atoms with Gasteiger partial charge in [-0.25, -0.2) is 4.79 Å². The van der Waals surface area contributed by atoms with Gasteiger partial charge in [-0.3, -0.25) is 14.4 Å². The molecule has 1 N–H and O–H groups in total. The summed E-state index contributed by atoms with van der Waals surface area (Å²) in [6.07, 6.45) is 10.1. The molecule has 2 saturated heterocycles. The maximum absolute atomic E-state index is 14.5. The van der Waals surface area contributed by atoms with Crippen LogP contribution < -0.4 is 4.74 Å². The summed E-state index contributed by atoms with van der Waals surface area (Å²) in [5.74, 6) is -5.35. The van der Waals surface area contributed by atoms with E-state index in [1.165, 1.54) is 4.90 Å². The van der Waals surface area contributed by atoms with Gasteiger partial charge in [0.2, 0.25) is 5.79 Å². The molecule has 13 atom stereocenters. The highest BCUT2D eigenvalue weighted by atomic mass is 16.7. The van der Waals surface area contributed by atoms with Gasteiger partial charge in [0.15, 0.2) is 0 Å². The van der Waals surface area contributed by atoms with Gasteiger partial charge in [-0.2, -0.15) is 0 Å². The first kappa shape index (κ1) is 50.5. The molecule has 1 aliphatic carbocycles. The molecule has 1 aromatic carbocycles. The minimum absolute atomic E-state index is 0.0861. The Kier molecular flexibility index (Phi) is 17.3. The highest BCUT2D eigenvalue weighted by molar-refractivity contribution is 6.39. The maximum Gasteiger partial charge on any atom is 0.329 e. The molecule has 1 amide bonds. The van der Waals surface area contributed by atoms with Gasteiger partial charge in [0.25, 0.3) is 11.7 Å². The van der Waals surface area contributed by atoms with E-state index in [1.54, 1.807) is 28.3 Å². The minimum Gasteiger partial charge on any atom is -0.488 e. The van der Waals surface area contributed by atoms with Crippen molar-refractivity contribution in [1.29, 1.82) is 0 Å². The number of fused-ring (bicyclic) bond motifs is 4. The third-order valence-electron chi connectivity index (χ3n) is 14.9. The molecule has 4 aliphatic rings. The van der Waals surface area contributed by atoms with Crippen LogP contribution in [0, 0.1) is 29.6 Å². The molecule has 2 bridgehead atoms. The number of methoxy groups -OCH3 is 3. The number of allylic oxidation sites excluding steroid dienone is 3. The second-order valence-corrected chi connectivity index (χ2v) is 19.8. The van der Waals surface area contributed by atoms with Gasteiger partial charge in [0.1, 0.15) is 35.9 Å². The van der Waals surface area contributed by atoms with Crippen LogP contribution in [0.15, 0.2) is 53.8 Å². The van der Waals surface area contributed by atoms with Crippen LogP contribution in [0.5, 0.6) is 5.75 Å². The van der Waals surface area contributed by atoms with Crippen LogP contribution in [-0.2, 0) is 49.9 Å². The zero-order chi connectivity index (χ0) is 47.2. The van der Waals surface area contributed by atoms with E-state index in [0.717, 1.165) is 40.6 Å². The molecule has 0 radical (unpaired) electrons. The Morgan fingerprint density at radius 1 is 0.908 bits per heavy atom. The average molecular weight is 905 g/mol. The molecule has 13 unspecified atom stereocenters. The first-order chi connectivity index (χ1) is 31.0. The number of aliphatic hydroxyl groups is 1. The molecular formula is C52H76N2O11. The average Bonchev–Trinajstić information content (AvgIpc) is 3.67. The first-order valence-corrected chi connectivity index (χ1v) is 24.2. The van der Waals surface area contributed by atoms with Gasteiger partial charge in [0, 0.05) is 70.3 Å². The summed E-state index contributed by atoms with van der Waals surface area (Å²) in [5.41, 5.74) is 3.08. The van der Waals surface area contributed by atoms with Crippen molar-refractivity contribution in [2.75, 3.05) is 27.9 Å². The Hall–Kier alpha value is -3.88. The molecular weight excluding hydrogens is 829 g/mol. The normalized spacial score (nSPS) is 36.3. The fourth-order valence-electron chi connectivity index (χ4n) is 11.0. The molecule has 3 aliphatic heterocycles. The molecule has 1 aromatic heterocycles. The Morgan fingerprint density at radius 3 is 2.34 bits per heavy atom. The summed E-state index contributed by atoms with van der Waals surface area (Å²) in [6.45, 7) is 12.0. The summed E-state index contributed by atoms with van der Waals surface area (Å²) in [5, 5.41) is 13.2. The fourth-order valence-corrected chi connectivity index (χ4v) is 11.0. The Morgan fingerprint density at radius 2 is 1.63 bits per heavy atom. The predicted octanol–water partition coefficient (Wildman–Crippen LogP) is 8.08. The minimum atomic E-state index is -2.47. The number of cyclic esters (lactones) is 1. The van der Waals surface area contributed by atoms with Crippen molar-refractivity contribution in [3.63, 3.8) is 0 Å². The van der Waals surface area contributed by atoms with Crippen LogP contribution in [0.1, 0.15) is 119 Å². The van der Waals surface area contributed by atoms with Crippen LogP contribution in [0.4, 0.5) is 0 Å². The van der Waals surface area contributed by atoms with E-state index in [4.69, 9.17) is 28.4 Å². The zero-order valence-electron chi connectivity index (χ0n) is 40.6. The van der Waals surface area contributed by atoms with Gasteiger partial charge in [-0.05, 0) is 132 Å². The van der Waals surface area contributed by atoms with Crippen LogP contribution in [-0.4, -0.2) is 114 Å². The Bertz CT molecular complexity index is 2040. The van der Waals surface area contributed by atoms with Crippen LogP contribution in [0.25, 0.3) is 10.9 Å². The Balaban J connectivity index is 1.28. The van der Waals surface area contributed by atoms with Crippen LogP contribution in [0.3, 0.4) is 0 Å². The summed E-state index contributed by atoms with van der Waals surface area (Å²) in [4.78, 5) is 58.5. The number of ketones is 2. The number of carbonyl (C=O) groups is 4. The van der Waals surface area contributed by atoms with Gasteiger partial charge < -0.3 is 43.0 Å². The summed E-state index contributed by atoms with van der Waals surface area (Å²) >= 11 is 0. The number of esters is 1. The molecule has 13 nitrogen and oxygen atoms in total. The zero-order valence-corrected chi connectivity index (χ0v) is 40.6. The summed E-state index contributed by atoms with van der Waals surface area (Å²) in [7, 11) is 6.86. The van der Waals surface area contributed by atoms with Crippen molar-refractivity contribution in [1.82, 2.24) is 9.47 Å². The van der Waals surface area contributed by atoms with E-state index in [9.17, 15) is 24.3 Å². The second-order valence-electron chi connectivity index (χ2n) is 19.8. The second kappa shape index (κ2) is 22.3. The quantitative estimate of drug-likeness (QED) is 0.156. The maximum atomic E-state index is 14.5. The number of carbonyl (C=O) groups excluding carboxylic acids is 4. The SMILES string of the molecule is CCC1/C=C(\C)CC(C)CC(OC)C2OC(O)(C(=O)C(=O)N3CCCCC3C(=O)OC(C(C)=CC3CCC(Oc4ccc5c(ccn5C)c4)C(OC)C3)C(C)CCC1=O)C(C)CC2OC. The van der Waals surface area contributed by atoms with E-state index >= 15 is 0 Å². The van der Waals surface area contributed by atoms with Gasteiger partial charge in [-0.15, -0.1) is 0 Å². The number of aromatic nitrogens is 1. The Labute approximate surface area is 386 Å². The molecule has 2 aromatic rings. The highest BCUT2D eigenvalue weighted by Crippen LogP contribution is 2.40. The molecule has 1 saturated carbocycles. The van der Waals surface area contributed by atoms with Gasteiger partial charge >= 0.3 is 5.97 Å². The topological polar surface area (TPSA) is 152 Å². The number of hydrogen-bond acceptors (Lipinski definition) is 11. The van der Waals surface area contributed by atoms with Crippen molar-refractivity contribution in [3.05, 3.63) is 53.8 Å². The third-order valence-corrected chi connectivity index (χ3v) is 14.9. The molecule has 6 rings (SSSR count). The van der Waals surface area contributed by atoms with E-state index in [0.29, 0.717) is 57.8 Å². The van der Waals surface area contributed by atoms with Gasteiger partial charge in [0.05, 0.1) is 18.3 Å². The summed E-state index contributed by atoms with van der Waals surface area (Å²) < 4.78 is 39.3. The van der Waals surface area contributed by atoms with Gasteiger partial charge in [-0.1, -0.05) is 45.4 Å². The number of benzene rings is 1. The lowest BCUT2D eigenvalue weighted by Crippen LogP contribution is -2.64. The fraction of sp³-hybridized carbons (Fsp3) is 0.692. The molecule has 360 valence electrons. The van der Waals surface area contributed by atoms with Crippen molar-refractivity contribution in [2.45, 2.75) is 167 Å². The number of hydrogen-bond donors (Lipinski definition) is 1. The van der Waals surface area contributed by atoms with E-state index < -0.39 is 59.8 Å². The standard InChI is InChI=1S/C52H76N2O11/c1-11-37-25-31(2)24-32(3)26-45(61-9)48-46(62-10)28-35(6)52(59,65-48)49(56)50(57)54-22-13-12-14-41(54)51(58)64-47(33(4)15-19-42(37)55)34(5)27-36-16-20-43(44(29-36)60-8)63-39-17-18-40-38(30-39)21-23-53(40)7/h17-18,21,23,25,27,30,32-33,35-37,41,43-48,59H,11-16,19-20,22,24,26,28-29H2,1-10H3/b31-25+,34-27?. The first-order valence-electron chi connectivity index (χ1n) is 24.2. The van der Waals surface area contributed by atoms with Crippen molar-refractivity contribution in [3.8, 4) is 5.75 Å². The van der Waals surface area contributed by atoms with Crippen molar-refractivity contribution in [2.24, 2.45) is 36.6 Å². The molecule has 65 heavy (non-hydrogen) atoms. The third kappa shape index (κ3) is 11.6. The van der Waals surface area contributed by atoms with E-state index in [-0.39, 0.29) is 54.6 Å². The number of nitrogens with zero attached hydrogens (tertiary/aromatic N) is 2. The summed E-state index contributed by atoms with van der Waals surface area (Å²) in [6, 6.07) is 7.16. The highest BCUT2D eigenvalue weighted by Gasteiger charge is 2.56. The van der Waals surface area contributed by atoms with E-state index in [2.05, 4.69) is 41.8 Å². The van der Waals surface area contributed by atoms with E-state index in [1.807, 2.05) is 47.0 Å². The number of piperidine rings is 1. The predicted molar refractivity (Wildman–Crippen MR) is 248 cm³/mol. The number of rotatable bonds is 8.